The maximum absolute atomic E-state index is 13.7. The lowest BCUT2D eigenvalue weighted by Gasteiger charge is -2.39. The molecule has 2 heterocycles. The van der Waals surface area contributed by atoms with Crippen LogP contribution < -0.4 is 15.5 Å². The summed E-state index contributed by atoms with van der Waals surface area (Å²) in [6, 6.07) is 10.9. The summed E-state index contributed by atoms with van der Waals surface area (Å²) in [4.78, 5) is 44.7. The van der Waals surface area contributed by atoms with Crippen molar-refractivity contribution in [3.8, 4) is 0 Å². The summed E-state index contributed by atoms with van der Waals surface area (Å²) in [5.41, 5.74) is 1.99. The molecule has 0 aromatic heterocycles. The van der Waals surface area contributed by atoms with Crippen LogP contribution in [0.25, 0.3) is 0 Å². The van der Waals surface area contributed by atoms with Gasteiger partial charge in [-0.1, -0.05) is 12.5 Å². The molecule has 2 aliphatic heterocycles. The number of hydrogen-bond acceptors (Lipinski definition) is 5. The molecule has 0 spiro atoms. The molecule has 9 heteroatoms. The standard InChI is InChI=1S/C27H32FN5O3/c28-22-6-2-5-20(17-22)25(34)30-23-18-21(27(36)32-11-9-29-10-12-32)7-8-24(23)31-13-15-33(16-14-31)26(35)19-3-1-4-19/h2,5-8,17-19,29H,1,3-4,9-16H2,(H,30,34). The highest BCUT2D eigenvalue weighted by molar-refractivity contribution is 6.07. The molecule has 2 aromatic carbocycles. The fourth-order valence-electron chi connectivity index (χ4n) is 5.00. The molecule has 1 aliphatic carbocycles. The molecular weight excluding hydrogens is 461 g/mol. The number of benzene rings is 2. The zero-order chi connectivity index (χ0) is 25.1. The second kappa shape index (κ2) is 10.7. The van der Waals surface area contributed by atoms with Gasteiger partial charge in [-0.3, -0.25) is 14.4 Å². The fraction of sp³-hybridized carbons (Fsp3) is 0.444. The van der Waals surface area contributed by atoms with Gasteiger partial charge >= 0.3 is 0 Å². The van der Waals surface area contributed by atoms with Gasteiger partial charge in [-0.15, -0.1) is 0 Å². The molecular formula is C27H32FN5O3. The summed E-state index contributed by atoms with van der Waals surface area (Å²) in [6.07, 6.45) is 3.10. The molecule has 36 heavy (non-hydrogen) atoms. The van der Waals surface area contributed by atoms with Gasteiger partial charge in [0.15, 0.2) is 0 Å². The van der Waals surface area contributed by atoms with E-state index in [2.05, 4.69) is 15.5 Å². The highest BCUT2D eigenvalue weighted by Gasteiger charge is 2.32. The van der Waals surface area contributed by atoms with Crippen molar-refractivity contribution in [2.75, 3.05) is 62.6 Å². The number of piperazine rings is 2. The van der Waals surface area contributed by atoms with Gasteiger partial charge in [0.2, 0.25) is 5.91 Å². The second-order valence-corrected chi connectivity index (χ2v) is 9.68. The maximum Gasteiger partial charge on any atom is 0.255 e. The Morgan fingerprint density at radius 2 is 1.61 bits per heavy atom. The topological polar surface area (TPSA) is 85.0 Å². The first-order valence-corrected chi connectivity index (χ1v) is 12.7. The van der Waals surface area contributed by atoms with E-state index in [1.54, 1.807) is 23.1 Å². The Kier molecular flexibility index (Phi) is 7.18. The number of hydrogen-bond donors (Lipinski definition) is 2. The average Bonchev–Trinajstić information content (AvgIpc) is 2.88. The molecule has 2 aromatic rings. The van der Waals surface area contributed by atoms with Gasteiger partial charge in [0.05, 0.1) is 11.4 Å². The van der Waals surface area contributed by atoms with E-state index in [0.29, 0.717) is 50.5 Å². The van der Waals surface area contributed by atoms with Crippen LogP contribution in [0.1, 0.15) is 40.0 Å². The number of amides is 3. The molecule has 8 nitrogen and oxygen atoms in total. The molecule has 2 N–H and O–H groups in total. The smallest absolute Gasteiger partial charge is 0.255 e. The van der Waals surface area contributed by atoms with Crippen LogP contribution in [-0.4, -0.2) is 79.9 Å². The summed E-state index contributed by atoms with van der Waals surface area (Å²) >= 11 is 0. The zero-order valence-corrected chi connectivity index (χ0v) is 20.3. The van der Waals surface area contributed by atoms with Crippen molar-refractivity contribution in [2.45, 2.75) is 19.3 Å². The van der Waals surface area contributed by atoms with Crippen LogP contribution in [0.15, 0.2) is 42.5 Å². The highest BCUT2D eigenvalue weighted by atomic mass is 19.1. The predicted octanol–water partition coefficient (Wildman–Crippen LogP) is 2.57. The third-order valence-electron chi connectivity index (χ3n) is 7.37. The lowest BCUT2D eigenvalue weighted by Crippen LogP contribution is -2.51. The van der Waals surface area contributed by atoms with Crippen LogP contribution in [0.3, 0.4) is 0 Å². The largest absolute Gasteiger partial charge is 0.366 e. The van der Waals surface area contributed by atoms with Crippen molar-refractivity contribution in [3.63, 3.8) is 0 Å². The predicted molar refractivity (Wildman–Crippen MR) is 136 cm³/mol. The molecule has 3 fully saturated rings. The number of nitrogens with zero attached hydrogens (tertiary/aromatic N) is 3. The molecule has 0 unspecified atom stereocenters. The third kappa shape index (κ3) is 5.21. The van der Waals surface area contributed by atoms with Crippen molar-refractivity contribution < 1.29 is 18.8 Å². The van der Waals surface area contributed by atoms with Crippen molar-refractivity contribution in [3.05, 3.63) is 59.4 Å². The van der Waals surface area contributed by atoms with E-state index >= 15 is 0 Å². The molecule has 190 valence electrons. The quantitative estimate of drug-likeness (QED) is 0.669. The Morgan fingerprint density at radius 1 is 0.861 bits per heavy atom. The molecule has 0 radical (unpaired) electrons. The van der Waals surface area contributed by atoms with Crippen LogP contribution in [0.4, 0.5) is 15.8 Å². The summed E-state index contributed by atoms with van der Waals surface area (Å²) in [7, 11) is 0. The Labute approximate surface area is 210 Å². The first-order chi connectivity index (χ1) is 17.5. The first-order valence-electron chi connectivity index (χ1n) is 12.7. The minimum Gasteiger partial charge on any atom is -0.366 e. The van der Waals surface area contributed by atoms with Crippen LogP contribution in [-0.2, 0) is 4.79 Å². The molecule has 0 bridgehead atoms. The van der Waals surface area contributed by atoms with E-state index < -0.39 is 11.7 Å². The molecule has 2 saturated heterocycles. The zero-order valence-electron chi connectivity index (χ0n) is 20.3. The lowest BCUT2D eigenvalue weighted by atomic mass is 9.84. The Hall–Kier alpha value is -3.46. The van der Waals surface area contributed by atoms with Crippen LogP contribution in [0.5, 0.6) is 0 Å². The van der Waals surface area contributed by atoms with E-state index in [1.807, 2.05) is 11.0 Å². The number of rotatable bonds is 5. The molecule has 5 rings (SSSR count). The van der Waals surface area contributed by atoms with Crippen molar-refractivity contribution in [1.82, 2.24) is 15.1 Å². The highest BCUT2D eigenvalue weighted by Crippen LogP contribution is 2.32. The second-order valence-electron chi connectivity index (χ2n) is 9.68. The SMILES string of the molecule is O=C(Nc1cc(C(=O)N2CCNCC2)ccc1N1CCN(C(=O)C2CCC2)CC1)c1cccc(F)c1. The summed E-state index contributed by atoms with van der Waals surface area (Å²) in [5.74, 6) is -0.593. The van der Waals surface area contributed by atoms with E-state index in [-0.39, 0.29) is 23.3 Å². The first kappa shape index (κ1) is 24.2. The minimum atomic E-state index is -0.488. The number of carbonyl (C=O) groups is 3. The van der Waals surface area contributed by atoms with E-state index in [9.17, 15) is 18.8 Å². The summed E-state index contributed by atoms with van der Waals surface area (Å²) in [6.45, 7) is 5.25. The number of halogens is 1. The van der Waals surface area contributed by atoms with Crippen molar-refractivity contribution >= 4 is 29.1 Å². The van der Waals surface area contributed by atoms with Gasteiger partial charge in [0.25, 0.3) is 11.8 Å². The fourth-order valence-corrected chi connectivity index (χ4v) is 5.00. The van der Waals surface area contributed by atoms with Gasteiger partial charge in [-0.25, -0.2) is 4.39 Å². The third-order valence-corrected chi connectivity index (χ3v) is 7.37. The number of nitrogens with one attached hydrogen (secondary N) is 2. The van der Waals surface area contributed by atoms with Gasteiger partial charge in [-0.2, -0.15) is 0 Å². The number of anilines is 2. The molecule has 1 saturated carbocycles. The summed E-state index contributed by atoms with van der Waals surface area (Å²) in [5, 5.41) is 6.15. The normalized spacial score (nSPS) is 18.5. The average molecular weight is 494 g/mol. The van der Waals surface area contributed by atoms with E-state index in [4.69, 9.17) is 0 Å². The molecule has 3 aliphatic rings. The van der Waals surface area contributed by atoms with Gasteiger partial charge in [0, 0.05) is 69.4 Å². The number of carbonyl (C=O) groups excluding carboxylic acids is 3. The van der Waals surface area contributed by atoms with Crippen molar-refractivity contribution in [2.24, 2.45) is 5.92 Å². The summed E-state index contributed by atoms with van der Waals surface area (Å²) < 4.78 is 13.7. The van der Waals surface area contributed by atoms with Crippen molar-refractivity contribution in [1.29, 1.82) is 0 Å². The monoisotopic (exact) mass is 493 g/mol. The van der Waals surface area contributed by atoms with E-state index in [0.717, 1.165) is 38.0 Å². The van der Waals surface area contributed by atoms with Gasteiger partial charge in [-0.05, 0) is 49.2 Å². The minimum absolute atomic E-state index is 0.0831. The van der Waals surface area contributed by atoms with Crippen LogP contribution in [0.2, 0.25) is 0 Å². The van der Waals surface area contributed by atoms with Gasteiger partial charge < -0.3 is 25.3 Å². The Morgan fingerprint density at radius 3 is 2.28 bits per heavy atom. The maximum atomic E-state index is 13.7. The Bertz CT molecular complexity index is 1140. The van der Waals surface area contributed by atoms with E-state index in [1.165, 1.54) is 18.2 Å². The van der Waals surface area contributed by atoms with Gasteiger partial charge in [0.1, 0.15) is 5.82 Å². The Balaban J connectivity index is 1.37. The van der Waals surface area contributed by atoms with Crippen LogP contribution >= 0.6 is 0 Å². The molecule has 0 atom stereocenters. The molecule has 3 amide bonds. The lowest BCUT2D eigenvalue weighted by molar-refractivity contribution is -0.138. The van der Waals surface area contributed by atoms with Crippen LogP contribution in [0, 0.1) is 11.7 Å².